The molecule has 0 fully saturated rings. The van der Waals surface area contributed by atoms with Crippen LogP contribution in [0.2, 0.25) is 0 Å². The predicted molar refractivity (Wildman–Crippen MR) is 118 cm³/mol. The van der Waals surface area contributed by atoms with E-state index in [1.807, 2.05) is 78.9 Å². The molecular formula is C26H25NO4. The van der Waals surface area contributed by atoms with Gasteiger partial charge in [0.2, 0.25) is 5.91 Å². The van der Waals surface area contributed by atoms with Crippen LogP contribution in [0.4, 0.5) is 0 Å². The predicted octanol–water partition coefficient (Wildman–Crippen LogP) is 5.51. The highest BCUT2D eigenvalue weighted by molar-refractivity contribution is 5.76. The summed E-state index contributed by atoms with van der Waals surface area (Å²) in [6.07, 6.45) is 2.59. The molecule has 0 aliphatic rings. The average Bonchev–Trinajstić information content (AvgIpc) is 3.50. The van der Waals surface area contributed by atoms with Crippen LogP contribution in [-0.2, 0) is 35.7 Å². The number of benzene rings is 2. The van der Waals surface area contributed by atoms with Crippen molar-refractivity contribution in [3.63, 3.8) is 0 Å². The zero-order valence-electron chi connectivity index (χ0n) is 17.3. The van der Waals surface area contributed by atoms with Gasteiger partial charge in [-0.05, 0) is 35.4 Å². The van der Waals surface area contributed by atoms with E-state index in [1.54, 1.807) is 6.26 Å². The molecular weight excluding hydrogens is 390 g/mol. The first-order valence-electron chi connectivity index (χ1n) is 10.3. The molecule has 0 bridgehead atoms. The van der Waals surface area contributed by atoms with Gasteiger partial charge in [-0.1, -0.05) is 54.6 Å². The number of amides is 1. The van der Waals surface area contributed by atoms with Gasteiger partial charge in [-0.2, -0.15) is 0 Å². The number of ether oxygens (including phenoxy) is 1. The largest absolute Gasteiger partial charge is 0.467 e. The zero-order valence-corrected chi connectivity index (χ0v) is 17.3. The van der Waals surface area contributed by atoms with Gasteiger partial charge in [-0.15, -0.1) is 0 Å². The molecule has 0 saturated heterocycles. The Morgan fingerprint density at radius 2 is 1.71 bits per heavy atom. The normalized spacial score (nSPS) is 10.8. The van der Waals surface area contributed by atoms with Crippen LogP contribution in [0.3, 0.4) is 0 Å². The van der Waals surface area contributed by atoms with Crippen LogP contribution in [0.5, 0.6) is 0 Å². The summed E-state index contributed by atoms with van der Waals surface area (Å²) in [6, 6.07) is 25.6. The Morgan fingerprint density at radius 3 is 2.55 bits per heavy atom. The lowest BCUT2D eigenvalue weighted by Gasteiger charge is -2.08. The zero-order chi connectivity index (χ0) is 21.3. The summed E-state index contributed by atoms with van der Waals surface area (Å²) in [5.41, 5.74) is 3.13. The van der Waals surface area contributed by atoms with Crippen molar-refractivity contribution in [2.75, 3.05) is 0 Å². The Bertz CT molecular complexity index is 1080. The van der Waals surface area contributed by atoms with Gasteiger partial charge >= 0.3 is 0 Å². The molecule has 2 aromatic heterocycles. The third-order valence-electron chi connectivity index (χ3n) is 4.89. The molecule has 0 atom stereocenters. The number of furan rings is 2. The third-order valence-corrected chi connectivity index (χ3v) is 4.89. The third kappa shape index (κ3) is 6.20. The Morgan fingerprint density at radius 1 is 0.839 bits per heavy atom. The molecule has 4 aromatic rings. The molecule has 1 N–H and O–H groups in total. The van der Waals surface area contributed by atoms with Crippen LogP contribution in [0, 0.1) is 0 Å². The number of carbonyl (C=O) groups is 1. The lowest BCUT2D eigenvalue weighted by Crippen LogP contribution is -2.23. The van der Waals surface area contributed by atoms with Gasteiger partial charge in [0.05, 0.1) is 12.9 Å². The molecule has 1 amide bonds. The van der Waals surface area contributed by atoms with Gasteiger partial charge in [0.1, 0.15) is 23.9 Å². The number of rotatable bonds is 10. The van der Waals surface area contributed by atoms with E-state index in [-0.39, 0.29) is 5.91 Å². The van der Waals surface area contributed by atoms with Crippen molar-refractivity contribution in [3.05, 3.63) is 108 Å². The fraction of sp³-hybridized carbons (Fsp3) is 0.192. The van der Waals surface area contributed by atoms with E-state index < -0.39 is 0 Å². The minimum atomic E-state index is -0.00265. The molecule has 0 spiro atoms. The van der Waals surface area contributed by atoms with Crippen LogP contribution in [0.1, 0.15) is 29.1 Å². The maximum Gasteiger partial charge on any atom is 0.220 e. The SMILES string of the molecule is O=C(CCc1ccc(-c2ccccc2)o1)NCc1cccc(COCc2ccco2)c1. The minimum absolute atomic E-state index is 0.00265. The lowest BCUT2D eigenvalue weighted by atomic mass is 10.1. The second-order valence-corrected chi connectivity index (χ2v) is 7.30. The van der Waals surface area contributed by atoms with Crippen molar-refractivity contribution in [1.82, 2.24) is 5.32 Å². The molecule has 2 aromatic carbocycles. The first-order chi connectivity index (χ1) is 15.3. The summed E-state index contributed by atoms with van der Waals surface area (Å²) in [6.45, 7) is 1.41. The van der Waals surface area contributed by atoms with E-state index in [2.05, 4.69) is 5.32 Å². The van der Waals surface area contributed by atoms with Gasteiger partial charge in [-0.25, -0.2) is 0 Å². The fourth-order valence-corrected chi connectivity index (χ4v) is 3.29. The number of hydrogen-bond acceptors (Lipinski definition) is 4. The number of hydrogen-bond donors (Lipinski definition) is 1. The fourth-order valence-electron chi connectivity index (χ4n) is 3.29. The lowest BCUT2D eigenvalue weighted by molar-refractivity contribution is -0.121. The second kappa shape index (κ2) is 10.5. The smallest absolute Gasteiger partial charge is 0.220 e. The van der Waals surface area contributed by atoms with Gasteiger partial charge in [0.15, 0.2) is 0 Å². The number of nitrogens with one attached hydrogen (secondary N) is 1. The maximum atomic E-state index is 12.3. The topological polar surface area (TPSA) is 64.6 Å². The van der Waals surface area contributed by atoms with E-state index in [4.69, 9.17) is 13.6 Å². The molecule has 5 nitrogen and oxygen atoms in total. The van der Waals surface area contributed by atoms with Crippen LogP contribution in [0.25, 0.3) is 11.3 Å². The highest BCUT2D eigenvalue weighted by Crippen LogP contribution is 2.22. The van der Waals surface area contributed by atoms with E-state index >= 15 is 0 Å². The van der Waals surface area contributed by atoms with Gasteiger partial charge in [0, 0.05) is 24.9 Å². The Kier molecular flexibility index (Phi) is 6.98. The van der Waals surface area contributed by atoms with Gasteiger partial charge in [-0.3, -0.25) is 4.79 Å². The Hall–Kier alpha value is -3.57. The Balaban J connectivity index is 1.20. The summed E-state index contributed by atoms with van der Waals surface area (Å²) < 4.78 is 16.8. The molecule has 0 saturated carbocycles. The molecule has 5 heteroatoms. The summed E-state index contributed by atoms with van der Waals surface area (Å²) in [4.78, 5) is 12.3. The van der Waals surface area contributed by atoms with Crippen molar-refractivity contribution in [2.45, 2.75) is 32.6 Å². The standard InChI is InChI=1S/C26H25NO4/c28-26(14-12-23-11-13-25(31-23)22-8-2-1-3-9-22)27-17-20-6-4-7-21(16-20)18-29-19-24-10-5-15-30-24/h1-11,13,15-16H,12,14,17-19H2,(H,27,28). The van der Waals surface area contributed by atoms with Gasteiger partial charge < -0.3 is 18.9 Å². The highest BCUT2D eigenvalue weighted by Gasteiger charge is 2.08. The Labute approximate surface area is 181 Å². The summed E-state index contributed by atoms with van der Waals surface area (Å²) in [5.74, 6) is 2.43. The summed E-state index contributed by atoms with van der Waals surface area (Å²) >= 11 is 0. The van der Waals surface area contributed by atoms with Crippen molar-refractivity contribution in [3.8, 4) is 11.3 Å². The van der Waals surface area contributed by atoms with Crippen LogP contribution >= 0.6 is 0 Å². The van der Waals surface area contributed by atoms with E-state index in [9.17, 15) is 4.79 Å². The minimum Gasteiger partial charge on any atom is -0.467 e. The van der Waals surface area contributed by atoms with Crippen molar-refractivity contribution in [1.29, 1.82) is 0 Å². The first-order valence-corrected chi connectivity index (χ1v) is 10.3. The van der Waals surface area contributed by atoms with Crippen molar-refractivity contribution >= 4 is 5.91 Å². The second-order valence-electron chi connectivity index (χ2n) is 7.30. The monoisotopic (exact) mass is 415 g/mol. The molecule has 0 aliphatic heterocycles. The molecule has 158 valence electrons. The summed E-state index contributed by atoms with van der Waals surface area (Å²) in [7, 11) is 0. The molecule has 0 radical (unpaired) electrons. The van der Waals surface area contributed by atoms with E-state index in [0.717, 1.165) is 34.0 Å². The van der Waals surface area contributed by atoms with E-state index in [0.29, 0.717) is 32.6 Å². The van der Waals surface area contributed by atoms with Crippen LogP contribution in [-0.4, -0.2) is 5.91 Å². The molecule has 2 heterocycles. The molecule has 0 unspecified atom stereocenters. The molecule has 31 heavy (non-hydrogen) atoms. The number of carbonyl (C=O) groups excluding carboxylic acids is 1. The van der Waals surface area contributed by atoms with Crippen LogP contribution < -0.4 is 5.32 Å². The van der Waals surface area contributed by atoms with Crippen molar-refractivity contribution in [2.24, 2.45) is 0 Å². The van der Waals surface area contributed by atoms with Gasteiger partial charge in [0.25, 0.3) is 0 Å². The quantitative estimate of drug-likeness (QED) is 0.371. The number of aryl methyl sites for hydroxylation is 1. The summed E-state index contributed by atoms with van der Waals surface area (Å²) in [5, 5.41) is 2.98. The first kappa shape index (κ1) is 20.7. The van der Waals surface area contributed by atoms with Crippen LogP contribution in [0.15, 0.2) is 94.0 Å². The maximum absolute atomic E-state index is 12.3. The van der Waals surface area contributed by atoms with E-state index in [1.165, 1.54) is 0 Å². The average molecular weight is 415 g/mol. The molecule has 4 rings (SSSR count). The molecule has 0 aliphatic carbocycles. The highest BCUT2D eigenvalue weighted by atomic mass is 16.5. The van der Waals surface area contributed by atoms with Crippen molar-refractivity contribution < 1.29 is 18.4 Å².